The molecule has 0 heteroatoms. The summed E-state index contributed by atoms with van der Waals surface area (Å²) in [5.74, 6) is 0. The summed E-state index contributed by atoms with van der Waals surface area (Å²) in [6.07, 6.45) is 9.71. The maximum atomic E-state index is 2.39. The highest BCUT2D eigenvalue weighted by Crippen LogP contribution is 2.37. The molecule has 0 saturated heterocycles. The Morgan fingerprint density at radius 2 is 1.86 bits per heavy atom. The lowest BCUT2D eigenvalue weighted by atomic mass is 9.98. The van der Waals surface area contributed by atoms with Gasteiger partial charge in [0.15, 0.2) is 0 Å². The van der Waals surface area contributed by atoms with Crippen LogP contribution in [0.5, 0.6) is 0 Å². The molecule has 1 aromatic carbocycles. The van der Waals surface area contributed by atoms with Crippen LogP contribution in [-0.2, 0) is 6.42 Å². The Labute approximate surface area is 85.0 Å². The van der Waals surface area contributed by atoms with Crippen LogP contribution in [0.25, 0.3) is 5.57 Å². The lowest BCUT2D eigenvalue weighted by molar-refractivity contribution is 0.838. The van der Waals surface area contributed by atoms with Crippen molar-refractivity contribution in [2.24, 2.45) is 0 Å². The summed E-state index contributed by atoms with van der Waals surface area (Å²) in [5, 5.41) is 0. The summed E-state index contributed by atoms with van der Waals surface area (Å²) in [4.78, 5) is 0. The fourth-order valence-corrected chi connectivity index (χ4v) is 2.55. The summed E-state index contributed by atoms with van der Waals surface area (Å²) < 4.78 is 0. The van der Waals surface area contributed by atoms with Gasteiger partial charge in [0.2, 0.25) is 0 Å². The van der Waals surface area contributed by atoms with Gasteiger partial charge in [-0.1, -0.05) is 36.4 Å². The summed E-state index contributed by atoms with van der Waals surface area (Å²) in [6.45, 7) is 0. The Kier molecular flexibility index (Phi) is 1.80. The van der Waals surface area contributed by atoms with Gasteiger partial charge in [0, 0.05) is 0 Å². The van der Waals surface area contributed by atoms with Crippen molar-refractivity contribution in [3.05, 3.63) is 53.1 Å². The van der Waals surface area contributed by atoms with E-state index in [2.05, 4.69) is 36.4 Å². The zero-order valence-corrected chi connectivity index (χ0v) is 8.29. The number of allylic oxidation sites excluding steroid dienone is 4. The topological polar surface area (TPSA) is 0 Å². The first-order valence-corrected chi connectivity index (χ1v) is 5.43. The summed E-state index contributed by atoms with van der Waals surface area (Å²) in [5.41, 5.74) is 6.10. The molecule has 0 aromatic heterocycles. The minimum absolute atomic E-state index is 1.14. The van der Waals surface area contributed by atoms with Crippen LogP contribution in [0.4, 0.5) is 0 Å². The number of hydrogen-bond donors (Lipinski definition) is 0. The Hall–Kier alpha value is -1.30. The SMILES string of the molecule is C1=C2CCCc3ccccc3C2=CC1. The van der Waals surface area contributed by atoms with Gasteiger partial charge in [0.25, 0.3) is 0 Å². The monoisotopic (exact) mass is 182 g/mol. The van der Waals surface area contributed by atoms with Crippen molar-refractivity contribution in [1.82, 2.24) is 0 Å². The average Bonchev–Trinajstić information content (AvgIpc) is 2.61. The van der Waals surface area contributed by atoms with Crippen LogP contribution >= 0.6 is 0 Å². The minimum atomic E-state index is 1.14. The van der Waals surface area contributed by atoms with Crippen LogP contribution in [-0.4, -0.2) is 0 Å². The lowest BCUT2D eigenvalue weighted by Crippen LogP contribution is -1.88. The maximum absolute atomic E-state index is 2.39. The van der Waals surface area contributed by atoms with Gasteiger partial charge in [-0.3, -0.25) is 0 Å². The third kappa shape index (κ3) is 1.14. The van der Waals surface area contributed by atoms with E-state index in [0.29, 0.717) is 0 Å². The zero-order chi connectivity index (χ0) is 9.38. The molecule has 0 amide bonds. The van der Waals surface area contributed by atoms with Gasteiger partial charge < -0.3 is 0 Å². The Bertz CT molecular complexity index is 421. The van der Waals surface area contributed by atoms with E-state index in [-0.39, 0.29) is 0 Å². The summed E-state index contributed by atoms with van der Waals surface area (Å²) in [6, 6.07) is 8.85. The predicted molar refractivity (Wildman–Crippen MR) is 60.1 cm³/mol. The largest absolute Gasteiger partial charge is 0.0769 e. The van der Waals surface area contributed by atoms with Gasteiger partial charge in [-0.25, -0.2) is 0 Å². The third-order valence-electron chi connectivity index (χ3n) is 3.23. The molecule has 0 fully saturated rings. The van der Waals surface area contributed by atoms with Crippen molar-refractivity contribution in [3.8, 4) is 0 Å². The van der Waals surface area contributed by atoms with Gasteiger partial charge in [0.1, 0.15) is 0 Å². The fraction of sp³-hybridized carbons (Fsp3) is 0.286. The molecular formula is C14H14. The molecule has 1 aromatic rings. The molecule has 0 spiro atoms. The van der Waals surface area contributed by atoms with Crippen molar-refractivity contribution >= 4 is 5.57 Å². The number of benzene rings is 1. The highest BCUT2D eigenvalue weighted by Gasteiger charge is 2.17. The van der Waals surface area contributed by atoms with Crippen LogP contribution in [0, 0.1) is 0 Å². The maximum Gasteiger partial charge on any atom is -0.0152 e. The van der Waals surface area contributed by atoms with Crippen LogP contribution in [0.1, 0.15) is 30.4 Å². The molecule has 0 nitrogen and oxygen atoms in total. The van der Waals surface area contributed by atoms with E-state index in [9.17, 15) is 0 Å². The second-order valence-electron chi connectivity index (χ2n) is 4.09. The molecule has 0 atom stereocenters. The molecule has 0 saturated carbocycles. The van der Waals surface area contributed by atoms with E-state index in [0.717, 1.165) is 6.42 Å². The van der Waals surface area contributed by atoms with E-state index < -0.39 is 0 Å². The average molecular weight is 182 g/mol. The first kappa shape index (κ1) is 8.05. The molecule has 0 unspecified atom stereocenters. The Balaban J connectivity index is 2.19. The van der Waals surface area contributed by atoms with E-state index in [4.69, 9.17) is 0 Å². The van der Waals surface area contributed by atoms with E-state index >= 15 is 0 Å². The fourth-order valence-electron chi connectivity index (χ4n) is 2.55. The van der Waals surface area contributed by atoms with Gasteiger partial charge in [0.05, 0.1) is 0 Å². The molecule has 2 aliphatic rings. The quantitative estimate of drug-likeness (QED) is 0.573. The van der Waals surface area contributed by atoms with Crippen molar-refractivity contribution in [1.29, 1.82) is 0 Å². The molecule has 0 heterocycles. The second-order valence-corrected chi connectivity index (χ2v) is 4.09. The molecule has 2 aliphatic carbocycles. The van der Waals surface area contributed by atoms with Gasteiger partial charge >= 0.3 is 0 Å². The molecular weight excluding hydrogens is 168 g/mol. The molecule has 0 aliphatic heterocycles. The van der Waals surface area contributed by atoms with Crippen molar-refractivity contribution in [2.45, 2.75) is 25.7 Å². The Morgan fingerprint density at radius 3 is 2.86 bits per heavy atom. The standard InChI is InChI=1S/C14H14/c1-2-9-13-11(5-1)6-3-7-12-8-4-10-14(12)13/h1-2,5,8-10H,3-4,6-7H2. The highest BCUT2D eigenvalue weighted by atomic mass is 14.2. The van der Waals surface area contributed by atoms with Crippen LogP contribution in [0.2, 0.25) is 0 Å². The zero-order valence-electron chi connectivity index (χ0n) is 8.29. The molecule has 0 radical (unpaired) electrons. The summed E-state index contributed by atoms with van der Waals surface area (Å²) in [7, 11) is 0. The number of rotatable bonds is 0. The predicted octanol–water partition coefficient (Wildman–Crippen LogP) is 3.74. The number of hydrogen-bond acceptors (Lipinski definition) is 0. The van der Waals surface area contributed by atoms with E-state index in [1.807, 2.05) is 0 Å². The normalized spacial score (nSPS) is 19.1. The van der Waals surface area contributed by atoms with Crippen LogP contribution < -0.4 is 0 Å². The number of aryl methyl sites for hydroxylation is 1. The molecule has 70 valence electrons. The van der Waals surface area contributed by atoms with Gasteiger partial charge in [-0.05, 0) is 48.0 Å². The lowest BCUT2D eigenvalue weighted by Gasteiger charge is -2.07. The Morgan fingerprint density at radius 1 is 0.929 bits per heavy atom. The first-order chi connectivity index (χ1) is 6.95. The van der Waals surface area contributed by atoms with Gasteiger partial charge in [-0.2, -0.15) is 0 Å². The first-order valence-electron chi connectivity index (χ1n) is 5.43. The molecule has 14 heavy (non-hydrogen) atoms. The second kappa shape index (κ2) is 3.13. The smallest absolute Gasteiger partial charge is 0.0152 e. The molecule has 0 N–H and O–H groups in total. The minimum Gasteiger partial charge on any atom is -0.0769 e. The molecule has 0 bridgehead atoms. The van der Waals surface area contributed by atoms with Crippen LogP contribution in [0.3, 0.4) is 0 Å². The van der Waals surface area contributed by atoms with Crippen LogP contribution in [0.15, 0.2) is 42.0 Å². The van der Waals surface area contributed by atoms with Gasteiger partial charge in [-0.15, -0.1) is 0 Å². The number of fused-ring (bicyclic) bond motifs is 3. The van der Waals surface area contributed by atoms with Crippen molar-refractivity contribution < 1.29 is 0 Å². The van der Waals surface area contributed by atoms with E-state index in [1.165, 1.54) is 36.0 Å². The third-order valence-corrected chi connectivity index (χ3v) is 3.23. The summed E-state index contributed by atoms with van der Waals surface area (Å²) >= 11 is 0. The van der Waals surface area contributed by atoms with Crippen molar-refractivity contribution in [3.63, 3.8) is 0 Å². The highest BCUT2D eigenvalue weighted by molar-refractivity contribution is 5.83. The van der Waals surface area contributed by atoms with Crippen molar-refractivity contribution in [2.75, 3.05) is 0 Å². The van der Waals surface area contributed by atoms with E-state index in [1.54, 1.807) is 5.57 Å². The molecule has 3 rings (SSSR count).